The second-order valence-electron chi connectivity index (χ2n) is 4.41. The van der Waals surface area contributed by atoms with E-state index in [2.05, 4.69) is 32.9 Å². The van der Waals surface area contributed by atoms with Gasteiger partial charge < -0.3 is 10.5 Å². The van der Waals surface area contributed by atoms with Crippen molar-refractivity contribution in [2.75, 3.05) is 13.2 Å². The van der Waals surface area contributed by atoms with Gasteiger partial charge in [-0.2, -0.15) is 0 Å². The molecule has 2 heteroatoms. The van der Waals surface area contributed by atoms with E-state index in [1.807, 2.05) is 12.1 Å². The van der Waals surface area contributed by atoms with Gasteiger partial charge in [0.2, 0.25) is 0 Å². The molecular weight excluding hydrogens is 174 g/mol. The van der Waals surface area contributed by atoms with Crippen molar-refractivity contribution < 1.29 is 4.74 Å². The number of nitrogens with two attached hydrogens (primary N) is 1. The van der Waals surface area contributed by atoms with Gasteiger partial charge in [-0.05, 0) is 23.1 Å². The van der Waals surface area contributed by atoms with Gasteiger partial charge in [-0.1, -0.05) is 32.9 Å². The molecule has 1 aromatic carbocycles. The summed E-state index contributed by atoms with van der Waals surface area (Å²) in [7, 11) is 0. The standard InChI is InChI=1S/C12H19NO/c1-12(2,3)10-5-4-6-11(9-10)14-8-7-13/h4-6,9H,7-8,13H2,1-3H3. The highest BCUT2D eigenvalue weighted by atomic mass is 16.5. The predicted molar refractivity (Wildman–Crippen MR) is 59.7 cm³/mol. The van der Waals surface area contributed by atoms with Crippen LogP contribution in [0.25, 0.3) is 0 Å². The normalized spacial score (nSPS) is 11.4. The SMILES string of the molecule is CC(C)(C)c1cccc(OCCN)c1. The van der Waals surface area contributed by atoms with Gasteiger partial charge in [-0.3, -0.25) is 0 Å². The van der Waals surface area contributed by atoms with Crippen LogP contribution in [0.3, 0.4) is 0 Å². The van der Waals surface area contributed by atoms with Crippen LogP contribution in [0.1, 0.15) is 26.3 Å². The molecule has 0 aliphatic carbocycles. The van der Waals surface area contributed by atoms with E-state index in [1.54, 1.807) is 0 Å². The van der Waals surface area contributed by atoms with Gasteiger partial charge in [0.05, 0.1) is 0 Å². The summed E-state index contributed by atoms with van der Waals surface area (Å²) < 4.78 is 5.47. The topological polar surface area (TPSA) is 35.2 Å². The second-order valence-corrected chi connectivity index (χ2v) is 4.41. The lowest BCUT2D eigenvalue weighted by Gasteiger charge is -2.19. The molecule has 0 spiro atoms. The number of hydrogen-bond acceptors (Lipinski definition) is 2. The summed E-state index contributed by atoms with van der Waals surface area (Å²) in [4.78, 5) is 0. The molecule has 0 unspecified atom stereocenters. The van der Waals surface area contributed by atoms with Gasteiger partial charge in [-0.25, -0.2) is 0 Å². The minimum Gasteiger partial charge on any atom is -0.492 e. The Kier molecular flexibility index (Phi) is 3.53. The molecule has 0 amide bonds. The maximum Gasteiger partial charge on any atom is 0.119 e. The lowest BCUT2D eigenvalue weighted by atomic mass is 9.87. The fourth-order valence-electron chi connectivity index (χ4n) is 1.23. The van der Waals surface area contributed by atoms with Crippen molar-refractivity contribution in [3.05, 3.63) is 29.8 Å². The fourth-order valence-corrected chi connectivity index (χ4v) is 1.23. The van der Waals surface area contributed by atoms with Crippen LogP contribution in [-0.4, -0.2) is 13.2 Å². The summed E-state index contributed by atoms with van der Waals surface area (Å²) >= 11 is 0. The monoisotopic (exact) mass is 193 g/mol. The Morgan fingerprint density at radius 1 is 1.29 bits per heavy atom. The van der Waals surface area contributed by atoms with E-state index in [-0.39, 0.29) is 5.41 Å². The first kappa shape index (κ1) is 11.1. The van der Waals surface area contributed by atoms with E-state index >= 15 is 0 Å². The smallest absolute Gasteiger partial charge is 0.119 e. The van der Waals surface area contributed by atoms with Crippen LogP contribution in [0.4, 0.5) is 0 Å². The summed E-state index contributed by atoms with van der Waals surface area (Å²) in [5, 5.41) is 0. The molecule has 0 aromatic heterocycles. The minimum atomic E-state index is 0.169. The Balaban J connectivity index is 2.79. The van der Waals surface area contributed by atoms with E-state index < -0.39 is 0 Å². The molecule has 1 rings (SSSR count). The van der Waals surface area contributed by atoms with Gasteiger partial charge in [0.25, 0.3) is 0 Å². The van der Waals surface area contributed by atoms with E-state index in [0.29, 0.717) is 13.2 Å². The molecule has 0 heterocycles. The number of benzene rings is 1. The average Bonchev–Trinajstić information content (AvgIpc) is 2.14. The Hall–Kier alpha value is -1.02. The Morgan fingerprint density at radius 2 is 2.00 bits per heavy atom. The van der Waals surface area contributed by atoms with Crippen LogP contribution in [0.2, 0.25) is 0 Å². The van der Waals surface area contributed by atoms with Crippen molar-refractivity contribution in [3.8, 4) is 5.75 Å². The Labute approximate surface area is 86.1 Å². The zero-order valence-electron chi connectivity index (χ0n) is 9.21. The first-order chi connectivity index (χ1) is 6.54. The lowest BCUT2D eigenvalue weighted by Crippen LogP contribution is -2.13. The molecule has 0 saturated carbocycles. The summed E-state index contributed by atoms with van der Waals surface area (Å²) in [5.41, 5.74) is 6.83. The molecule has 78 valence electrons. The van der Waals surface area contributed by atoms with Crippen LogP contribution in [-0.2, 0) is 5.41 Å². The number of hydrogen-bond donors (Lipinski definition) is 1. The number of ether oxygens (including phenoxy) is 1. The van der Waals surface area contributed by atoms with E-state index in [4.69, 9.17) is 10.5 Å². The third kappa shape index (κ3) is 3.04. The summed E-state index contributed by atoms with van der Waals surface area (Å²) in [6, 6.07) is 8.18. The maximum absolute atomic E-state index is 5.47. The molecule has 0 aliphatic heterocycles. The van der Waals surface area contributed by atoms with Crippen molar-refractivity contribution in [3.63, 3.8) is 0 Å². The van der Waals surface area contributed by atoms with Crippen molar-refractivity contribution in [1.29, 1.82) is 0 Å². The average molecular weight is 193 g/mol. The zero-order valence-corrected chi connectivity index (χ0v) is 9.21. The van der Waals surface area contributed by atoms with Gasteiger partial charge in [0, 0.05) is 6.54 Å². The molecule has 2 nitrogen and oxygen atoms in total. The molecule has 0 fully saturated rings. The highest BCUT2D eigenvalue weighted by Crippen LogP contribution is 2.25. The first-order valence-corrected chi connectivity index (χ1v) is 4.97. The quantitative estimate of drug-likeness (QED) is 0.799. The van der Waals surface area contributed by atoms with Crippen LogP contribution < -0.4 is 10.5 Å². The van der Waals surface area contributed by atoms with Crippen molar-refractivity contribution in [2.24, 2.45) is 5.73 Å². The van der Waals surface area contributed by atoms with Crippen molar-refractivity contribution in [2.45, 2.75) is 26.2 Å². The molecule has 1 aromatic rings. The number of rotatable bonds is 3. The van der Waals surface area contributed by atoms with Crippen molar-refractivity contribution in [1.82, 2.24) is 0 Å². The predicted octanol–water partition coefficient (Wildman–Crippen LogP) is 2.32. The Morgan fingerprint density at radius 3 is 2.57 bits per heavy atom. The molecule has 0 atom stereocenters. The molecule has 0 radical (unpaired) electrons. The van der Waals surface area contributed by atoms with Gasteiger partial charge in [0.15, 0.2) is 0 Å². The van der Waals surface area contributed by atoms with Gasteiger partial charge in [-0.15, -0.1) is 0 Å². The highest BCUT2D eigenvalue weighted by molar-refractivity contribution is 5.32. The molecule has 0 bridgehead atoms. The fraction of sp³-hybridized carbons (Fsp3) is 0.500. The van der Waals surface area contributed by atoms with Gasteiger partial charge >= 0.3 is 0 Å². The van der Waals surface area contributed by atoms with Crippen molar-refractivity contribution >= 4 is 0 Å². The largest absolute Gasteiger partial charge is 0.492 e. The van der Waals surface area contributed by atoms with Gasteiger partial charge in [0.1, 0.15) is 12.4 Å². The minimum absolute atomic E-state index is 0.169. The third-order valence-electron chi connectivity index (χ3n) is 2.09. The van der Waals surface area contributed by atoms with Crippen LogP contribution in [0.15, 0.2) is 24.3 Å². The summed E-state index contributed by atoms with van der Waals surface area (Å²) in [5.74, 6) is 0.905. The third-order valence-corrected chi connectivity index (χ3v) is 2.09. The second kappa shape index (κ2) is 4.47. The highest BCUT2D eigenvalue weighted by Gasteiger charge is 2.13. The molecule has 0 saturated heterocycles. The van der Waals surface area contributed by atoms with E-state index in [0.717, 1.165) is 5.75 Å². The van der Waals surface area contributed by atoms with Crippen LogP contribution >= 0.6 is 0 Å². The molecule has 14 heavy (non-hydrogen) atoms. The first-order valence-electron chi connectivity index (χ1n) is 4.97. The van der Waals surface area contributed by atoms with E-state index in [9.17, 15) is 0 Å². The summed E-state index contributed by atoms with van der Waals surface area (Å²) in [6.07, 6.45) is 0. The van der Waals surface area contributed by atoms with Crippen LogP contribution in [0.5, 0.6) is 5.75 Å². The lowest BCUT2D eigenvalue weighted by molar-refractivity contribution is 0.327. The molecule has 2 N–H and O–H groups in total. The molecular formula is C12H19NO. The zero-order chi connectivity index (χ0) is 10.6. The molecule has 0 aliphatic rings. The van der Waals surface area contributed by atoms with E-state index in [1.165, 1.54) is 5.56 Å². The Bertz CT molecular complexity index is 289. The van der Waals surface area contributed by atoms with Crippen LogP contribution in [0, 0.1) is 0 Å². The maximum atomic E-state index is 5.47. The summed E-state index contributed by atoms with van der Waals surface area (Å²) in [6.45, 7) is 7.70.